The molecule has 0 fully saturated rings. The van der Waals surface area contributed by atoms with E-state index in [0.717, 1.165) is 24.6 Å². The summed E-state index contributed by atoms with van der Waals surface area (Å²) < 4.78 is 7.40. The molecule has 0 saturated carbocycles. The van der Waals surface area contributed by atoms with E-state index in [1.807, 2.05) is 30.8 Å². The number of rotatable bonds is 5. The highest BCUT2D eigenvalue weighted by atomic mass is 16.3. The largest absolute Gasteiger partial charge is 0.465 e. The molecule has 0 spiro atoms. The zero-order valence-electron chi connectivity index (χ0n) is 11.5. The third-order valence-electron chi connectivity index (χ3n) is 2.89. The van der Waals surface area contributed by atoms with Gasteiger partial charge in [0.2, 0.25) is 0 Å². The molecule has 0 saturated heterocycles. The first-order valence-corrected chi connectivity index (χ1v) is 6.34. The molecule has 0 aromatic carbocycles. The Balaban J connectivity index is 1.94. The Morgan fingerprint density at radius 1 is 1.33 bits per heavy atom. The van der Waals surface area contributed by atoms with E-state index in [9.17, 15) is 0 Å². The summed E-state index contributed by atoms with van der Waals surface area (Å²) in [6, 6.07) is 4.00. The molecule has 4 nitrogen and oxygen atoms in total. The normalized spacial score (nSPS) is 11.4. The molecule has 0 amide bonds. The molecular weight excluding hydrogens is 226 g/mol. The number of hydrogen-bond acceptors (Lipinski definition) is 3. The van der Waals surface area contributed by atoms with Crippen molar-refractivity contribution in [3.63, 3.8) is 0 Å². The third-order valence-corrected chi connectivity index (χ3v) is 2.89. The highest BCUT2D eigenvalue weighted by Crippen LogP contribution is 2.17. The summed E-state index contributed by atoms with van der Waals surface area (Å²) in [5.74, 6) is 2.38. The highest BCUT2D eigenvalue weighted by Gasteiger charge is 2.10. The summed E-state index contributed by atoms with van der Waals surface area (Å²) in [6.45, 7) is 7.87. The van der Waals surface area contributed by atoms with E-state index in [1.165, 1.54) is 11.3 Å². The molecule has 2 rings (SSSR count). The fourth-order valence-electron chi connectivity index (χ4n) is 2.08. The zero-order valence-corrected chi connectivity index (χ0v) is 11.5. The van der Waals surface area contributed by atoms with Crippen LogP contribution < -0.4 is 5.32 Å². The van der Waals surface area contributed by atoms with Crippen molar-refractivity contribution in [1.29, 1.82) is 0 Å². The van der Waals surface area contributed by atoms with Crippen LogP contribution in [-0.2, 0) is 20.1 Å². The van der Waals surface area contributed by atoms with Gasteiger partial charge in [0.25, 0.3) is 0 Å². The Labute approximate surface area is 108 Å². The summed E-state index contributed by atoms with van der Waals surface area (Å²) in [7, 11) is 1.96. The molecule has 2 aromatic heterocycles. The average molecular weight is 247 g/mol. The van der Waals surface area contributed by atoms with Crippen LogP contribution in [0.25, 0.3) is 0 Å². The van der Waals surface area contributed by atoms with E-state index < -0.39 is 0 Å². The van der Waals surface area contributed by atoms with Crippen molar-refractivity contribution >= 4 is 0 Å². The van der Waals surface area contributed by atoms with Gasteiger partial charge in [-0.1, -0.05) is 13.8 Å². The molecule has 0 aliphatic heterocycles. The van der Waals surface area contributed by atoms with E-state index in [-0.39, 0.29) is 0 Å². The van der Waals surface area contributed by atoms with E-state index in [1.54, 1.807) is 0 Å². The molecule has 18 heavy (non-hydrogen) atoms. The second kappa shape index (κ2) is 5.40. The SMILES string of the molecule is Cc1ccc(CNCc2cn(C)nc2C(C)C)o1. The second-order valence-electron chi connectivity index (χ2n) is 4.98. The second-order valence-corrected chi connectivity index (χ2v) is 4.98. The van der Waals surface area contributed by atoms with E-state index >= 15 is 0 Å². The van der Waals surface area contributed by atoms with Gasteiger partial charge in [-0.25, -0.2) is 0 Å². The molecule has 0 radical (unpaired) electrons. The zero-order chi connectivity index (χ0) is 13.1. The first-order chi connectivity index (χ1) is 8.56. The van der Waals surface area contributed by atoms with Crippen LogP contribution in [0.5, 0.6) is 0 Å². The maximum absolute atomic E-state index is 5.52. The van der Waals surface area contributed by atoms with Crippen molar-refractivity contribution in [2.24, 2.45) is 7.05 Å². The Kier molecular flexibility index (Phi) is 3.87. The van der Waals surface area contributed by atoms with Crippen molar-refractivity contribution in [1.82, 2.24) is 15.1 Å². The number of hydrogen-bond donors (Lipinski definition) is 1. The number of aromatic nitrogens is 2. The average Bonchev–Trinajstić information content (AvgIpc) is 2.85. The summed E-state index contributed by atoms with van der Waals surface area (Å²) in [5, 5.41) is 7.89. The van der Waals surface area contributed by atoms with Crippen LogP contribution in [0.2, 0.25) is 0 Å². The van der Waals surface area contributed by atoms with Gasteiger partial charge < -0.3 is 9.73 Å². The van der Waals surface area contributed by atoms with Crippen LogP contribution >= 0.6 is 0 Å². The molecule has 0 bridgehead atoms. The summed E-state index contributed by atoms with van der Waals surface area (Å²) in [5.41, 5.74) is 2.43. The lowest BCUT2D eigenvalue weighted by atomic mass is 10.1. The van der Waals surface area contributed by atoms with Gasteiger partial charge in [-0.05, 0) is 25.0 Å². The van der Waals surface area contributed by atoms with Gasteiger partial charge in [-0.15, -0.1) is 0 Å². The topological polar surface area (TPSA) is 43.0 Å². The first kappa shape index (κ1) is 12.9. The fraction of sp³-hybridized carbons (Fsp3) is 0.500. The van der Waals surface area contributed by atoms with Crippen LogP contribution in [0.1, 0.15) is 42.5 Å². The standard InChI is InChI=1S/C14H21N3O/c1-10(2)14-12(9-17(4)16-14)7-15-8-13-6-5-11(3)18-13/h5-6,9-10,15H,7-8H2,1-4H3. The molecule has 2 aromatic rings. The molecule has 1 N–H and O–H groups in total. The Bertz CT molecular complexity index is 511. The number of furan rings is 1. The minimum atomic E-state index is 0.453. The highest BCUT2D eigenvalue weighted by molar-refractivity contribution is 5.20. The lowest BCUT2D eigenvalue weighted by Gasteiger charge is -2.05. The Hall–Kier alpha value is -1.55. The van der Waals surface area contributed by atoms with Gasteiger partial charge in [0.05, 0.1) is 12.2 Å². The van der Waals surface area contributed by atoms with Crippen LogP contribution in [0.4, 0.5) is 0 Å². The van der Waals surface area contributed by atoms with E-state index in [2.05, 4.69) is 30.5 Å². The summed E-state index contributed by atoms with van der Waals surface area (Å²) in [4.78, 5) is 0. The molecule has 0 aliphatic rings. The fourth-order valence-corrected chi connectivity index (χ4v) is 2.08. The van der Waals surface area contributed by atoms with Gasteiger partial charge in [0.15, 0.2) is 0 Å². The predicted molar refractivity (Wildman–Crippen MR) is 71.3 cm³/mol. The van der Waals surface area contributed by atoms with Gasteiger partial charge in [-0.2, -0.15) is 5.10 Å². The minimum Gasteiger partial charge on any atom is -0.465 e. The molecule has 0 aliphatic carbocycles. The van der Waals surface area contributed by atoms with Crippen molar-refractivity contribution in [3.8, 4) is 0 Å². The van der Waals surface area contributed by atoms with Gasteiger partial charge in [0.1, 0.15) is 11.5 Å². The van der Waals surface area contributed by atoms with Crippen molar-refractivity contribution in [3.05, 3.63) is 41.1 Å². The molecule has 0 atom stereocenters. The number of nitrogens with zero attached hydrogens (tertiary/aromatic N) is 2. The maximum Gasteiger partial charge on any atom is 0.117 e. The van der Waals surface area contributed by atoms with E-state index in [0.29, 0.717) is 5.92 Å². The monoisotopic (exact) mass is 247 g/mol. The Morgan fingerprint density at radius 3 is 2.72 bits per heavy atom. The van der Waals surface area contributed by atoms with Crippen LogP contribution in [0.3, 0.4) is 0 Å². The molecule has 4 heteroatoms. The molecule has 0 unspecified atom stereocenters. The maximum atomic E-state index is 5.52. The summed E-state index contributed by atoms with van der Waals surface area (Å²) >= 11 is 0. The van der Waals surface area contributed by atoms with Crippen LogP contribution in [0.15, 0.2) is 22.7 Å². The number of aryl methyl sites for hydroxylation is 2. The predicted octanol–water partition coefficient (Wildman–Crippen LogP) is 2.73. The minimum absolute atomic E-state index is 0.453. The smallest absolute Gasteiger partial charge is 0.117 e. The lowest BCUT2D eigenvalue weighted by Crippen LogP contribution is -2.13. The molecular formula is C14H21N3O. The number of nitrogens with one attached hydrogen (secondary N) is 1. The Morgan fingerprint density at radius 2 is 2.11 bits per heavy atom. The summed E-state index contributed by atoms with van der Waals surface area (Å²) in [6.07, 6.45) is 2.08. The third kappa shape index (κ3) is 3.01. The molecule has 98 valence electrons. The van der Waals surface area contributed by atoms with Crippen molar-refractivity contribution in [2.45, 2.75) is 39.8 Å². The molecule has 2 heterocycles. The van der Waals surface area contributed by atoms with Crippen molar-refractivity contribution in [2.75, 3.05) is 0 Å². The van der Waals surface area contributed by atoms with Gasteiger partial charge in [-0.3, -0.25) is 4.68 Å². The first-order valence-electron chi connectivity index (χ1n) is 6.34. The quantitative estimate of drug-likeness (QED) is 0.883. The van der Waals surface area contributed by atoms with Gasteiger partial charge >= 0.3 is 0 Å². The van der Waals surface area contributed by atoms with Crippen LogP contribution in [-0.4, -0.2) is 9.78 Å². The van der Waals surface area contributed by atoms with Crippen LogP contribution in [0, 0.1) is 6.92 Å². The van der Waals surface area contributed by atoms with E-state index in [4.69, 9.17) is 4.42 Å². The van der Waals surface area contributed by atoms with Crippen molar-refractivity contribution < 1.29 is 4.42 Å². The lowest BCUT2D eigenvalue weighted by molar-refractivity contribution is 0.461. The van der Waals surface area contributed by atoms with Gasteiger partial charge in [0, 0.05) is 25.4 Å².